The second-order valence-corrected chi connectivity index (χ2v) is 7.10. The summed E-state index contributed by atoms with van der Waals surface area (Å²) in [7, 11) is 0. The summed E-state index contributed by atoms with van der Waals surface area (Å²) in [6.07, 6.45) is -0.896. The normalized spacial score (nSPS) is 11.2. The van der Waals surface area contributed by atoms with Crippen molar-refractivity contribution >= 4 is 23.2 Å². The third-order valence-corrected chi connectivity index (χ3v) is 4.90. The molecule has 2 heterocycles. The van der Waals surface area contributed by atoms with Gasteiger partial charge in [-0.3, -0.25) is 4.79 Å². The number of rotatable bonds is 6. The summed E-state index contributed by atoms with van der Waals surface area (Å²) in [5.74, 6) is -0.420. The second-order valence-electron chi connectivity index (χ2n) is 6.66. The molecule has 0 saturated carbocycles. The lowest BCUT2D eigenvalue weighted by Gasteiger charge is -2.09. The smallest absolute Gasteiger partial charge is 0.280 e. The molecule has 5 nitrogen and oxygen atoms in total. The molecule has 0 aliphatic rings. The van der Waals surface area contributed by atoms with Crippen LogP contribution in [-0.4, -0.2) is 27.0 Å². The number of fused-ring (bicyclic) bond motifs is 1. The van der Waals surface area contributed by atoms with Crippen molar-refractivity contribution in [1.29, 1.82) is 0 Å². The van der Waals surface area contributed by atoms with Gasteiger partial charge in [0.05, 0.1) is 11.9 Å². The largest absolute Gasteiger partial charge is 0.352 e. The van der Waals surface area contributed by atoms with Crippen LogP contribution in [0.4, 0.5) is 8.78 Å². The Morgan fingerprint density at radius 1 is 1.10 bits per heavy atom. The topological polar surface area (TPSA) is 59.3 Å². The quantitative estimate of drug-likeness (QED) is 0.474. The van der Waals surface area contributed by atoms with Crippen LogP contribution < -0.4 is 5.32 Å². The molecule has 0 atom stereocenters. The van der Waals surface area contributed by atoms with E-state index in [1.54, 1.807) is 36.4 Å². The Balaban J connectivity index is 1.61. The van der Waals surface area contributed by atoms with E-state index in [1.165, 1.54) is 12.3 Å². The van der Waals surface area contributed by atoms with E-state index in [-0.39, 0.29) is 16.9 Å². The summed E-state index contributed by atoms with van der Waals surface area (Å²) < 4.78 is 28.3. The summed E-state index contributed by atoms with van der Waals surface area (Å²) in [5.41, 5.74) is 1.97. The standard InChI is InChI=1S/C22H17ClF2N4O/c23-16-8-6-14(7-9-16)10-11-26-22(30)17-13-27-29-19(20(24)25)12-18(28-21(17)29)15-4-2-1-3-5-15/h1-9,12-13,20H,10-11H2,(H,26,30). The van der Waals surface area contributed by atoms with Crippen LogP contribution in [0.15, 0.2) is 66.9 Å². The zero-order valence-electron chi connectivity index (χ0n) is 15.7. The molecular weight excluding hydrogens is 410 g/mol. The molecule has 2 aromatic carbocycles. The highest BCUT2D eigenvalue weighted by molar-refractivity contribution is 6.30. The van der Waals surface area contributed by atoms with Crippen LogP contribution in [0.25, 0.3) is 16.9 Å². The minimum atomic E-state index is -2.77. The number of carbonyl (C=O) groups is 1. The number of aromatic nitrogens is 3. The van der Waals surface area contributed by atoms with Crippen molar-refractivity contribution in [3.63, 3.8) is 0 Å². The summed E-state index contributed by atoms with van der Waals surface area (Å²) in [4.78, 5) is 17.1. The van der Waals surface area contributed by atoms with Gasteiger partial charge in [0.1, 0.15) is 11.3 Å². The number of halogens is 3. The van der Waals surface area contributed by atoms with Gasteiger partial charge < -0.3 is 5.32 Å². The molecule has 2 aromatic heterocycles. The van der Waals surface area contributed by atoms with Crippen LogP contribution in [0.2, 0.25) is 5.02 Å². The molecule has 0 aliphatic carbocycles. The first-order valence-corrected chi connectivity index (χ1v) is 9.65. The molecule has 8 heteroatoms. The van der Waals surface area contributed by atoms with Gasteiger partial charge in [0.25, 0.3) is 12.3 Å². The SMILES string of the molecule is O=C(NCCc1ccc(Cl)cc1)c1cnn2c(C(F)F)cc(-c3ccccc3)nc12. The van der Waals surface area contributed by atoms with E-state index in [0.29, 0.717) is 29.2 Å². The van der Waals surface area contributed by atoms with Crippen LogP contribution in [-0.2, 0) is 6.42 Å². The molecule has 4 rings (SSSR count). The van der Waals surface area contributed by atoms with Gasteiger partial charge in [0.2, 0.25) is 0 Å². The summed E-state index contributed by atoms with van der Waals surface area (Å²) in [6, 6.07) is 17.6. The lowest BCUT2D eigenvalue weighted by Crippen LogP contribution is -2.25. The summed E-state index contributed by atoms with van der Waals surface area (Å²) >= 11 is 5.87. The van der Waals surface area contributed by atoms with Crippen molar-refractivity contribution in [3.8, 4) is 11.3 Å². The maximum absolute atomic E-state index is 13.6. The molecule has 1 amide bonds. The van der Waals surface area contributed by atoms with Gasteiger partial charge in [0, 0.05) is 17.1 Å². The third-order valence-electron chi connectivity index (χ3n) is 4.65. The predicted octanol–water partition coefficient (Wildman–Crippen LogP) is 4.96. The number of nitrogens with zero attached hydrogens (tertiary/aromatic N) is 3. The Hall–Kier alpha value is -3.32. The van der Waals surface area contributed by atoms with Crippen LogP contribution in [0, 0.1) is 0 Å². The molecule has 0 unspecified atom stereocenters. The van der Waals surface area contributed by atoms with Crippen molar-refractivity contribution in [2.24, 2.45) is 0 Å². The summed E-state index contributed by atoms with van der Waals surface area (Å²) in [5, 5.41) is 7.41. The molecule has 152 valence electrons. The van der Waals surface area contributed by atoms with E-state index >= 15 is 0 Å². The first-order valence-electron chi connectivity index (χ1n) is 9.28. The minimum Gasteiger partial charge on any atom is -0.352 e. The fraction of sp³-hybridized carbons (Fsp3) is 0.136. The fourth-order valence-electron chi connectivity index (χ4n) is 3.13. The number of hydrogen-bond donors (Lipinski definition) is 1. The first-order chi connectivity index (χ1) is 14.5. The zero-order valence-corrected chi connectivity index (χ0v) is 16.5. The van der Waals surface area contributed by atoms with Crippen LogP contribution in [0.1, 0.15) is 28.0 Å². The Labute approximate surface area is 176 Å². The van der Waals surface area contributed by atoms with Gasteiger partial charge in [-0.25, -0.2) is 18.3 Å². The lowest BCUT2D eigenvalue weighted by atomic mass is 10.1. The molecule has 0 radical (unpaired) electrons. The van der Waals surface area contributed by atoms with E-state index in [0.717, 1.165) is 10.1 Å². The minimum absolute atomic E-state index is 0.0932. The number of hydrogen-bond acceptors (Lipinski definition) is 3. The molecule has 0 fully saturated rings. The number of nitrogens with one attached hydrogen (secondary N) is 1. The van der Waals surface area contributed by atoms with Crippen molar-refractivity contribution in [2.45, 2.75) is 12.8 Å². The molecule has 30 heavy (non-hydrogen) atoms. The maximum atomic E-state index is 13.6. The third kappa shape index (κ3) is 4.16. The molecule has 1 N–H and O–H groups in total. The van der Waals surface area contributed by atoms with Crippen molar-refractivity contribution in [3.05, 3.63) is 88.7 Å². The first kappa shape index (κ1) is 20.0. The Bertz CT molecular complexity index is 1180. The van der Waals surface area contributed by atoms with Crippen LogP contribution >= 0.6 is 11.6 Å². The highest BCUT2D eigenvalue weighted by atomic mass is 35.5. The Morgan fingerprint density at radius 3 is 2.53 bits per heavy atom. The monoisotopic (exact) mass is 426 g/mol. The van der Waals surface area contributed by atoms with E-state index in [1.807, 2.05) is 18.2 Å². The van der Waals surface area contributed by atoms with Gasteiger partial charge in [-0.05, 0) is 30.2 Å². The number of carbonyl (C=O) groups excluding carboxylic acids is 1. The van der Waals surface area contributed by atoms with E-state index in [2.05, 4.69) is 15.4 Å². The van der Waals surface area contributed by atoms with Crippen LogP contribution in [0.5, 0.6) is 0 Å². The Morgan fingerprint density at radius 2 is 1.83 bits per heavy atom. The second kappa shape index (κ2) is 8.59. The van der Waals surface area contributed by atoms with Crippen molar-refractivity contribution in [2.75, 3.05) is 6.54 Å². The molecule has 4 aromatic rings. The predicted molar refractivity (Wildman–Crippen MR) is 111 cm³/mol. The van der Waals surface area contributed by atoms with E-state index in [4.69, 9.17) is 11.6 Å². The van der Waals surface area contributed by atoms with Gasteiger partial charge in [-0.15, -0.1) is 0 Å². The van der Waals surface area contributed by atoms with Gasteiger partial charge in [-0.1, -0.05) is 54.1 Å². The fourth-order valence-corrected chi connectivity index (χ4v) is 3.25. The average Bonchev–Trinajstić information content (AvgIpc) is 3.19. The molecule has 0 spiro atoms. The van der Waals surface area contributed by atoms with Crippen LogP contribution in [0.3, 0.4) is 0 Å². The molecule has 0 aliphatic heterocycles. The lowest BCUT2D eigenvalue weighted by molar-refractivity contribution is 0.0955. The number of amides is 1. The average molecular weight is 427 g/mol. The van der Waals surface area contributed by atoms with Crippen molar-refractivity contribution in [1.82, 2.24) is 19.9 Å². The number of alkyl halides is 2. The van der Waals surface area contributed by atoms with E-state index in [9.17, 15) is 13.6 Å². The van der Waals surface area contributed by atoms with Gasteiger partial charge in [-0.2, -0.15) is 5.10 Å². The zero-order chi connectivity index (χ0) is 21.1. The number of benzene rings is 2. The van der Waals surface area contributed by atoms with Crippen molar-refractivity contribution < 1.29 is 13.6 Å². The van der Waals surface area contributed by atoms with E-state index < -0.39 is 12.3 Å². The summed E-state index contributed by atoms with van der Waals surface area (Å²) in [6.45, 7) is 0.373. The maximum Gasteiger partial charge on any atom is 0.280 e. The highest BCUT2D eigenvalue weighted by Crippen LogP contribution is 2.26. The molecule has 0 bridgehead atoms. The van der Waals surface area contributed by atoms with Gasteiger partial charge >= 0.3 is 0 Å². The molecule has 0 saturated heterocycles. The molecular formula is C22H17ClF2N4O. The van der Waals surface area contributed by atoms with Gasteiger partial charge in [0.15, 0.2) is 5.65 Å². The highest BCUT2D eigenvalue weighted by Gasteiger charge is 2.21. The Kier molecular flexibility index (Phi) is 5.72.